The molecule has 0 bridgehead atoms. The first-order valence-corrected chi connectivity index (χ1v) is 11.8. The number of pyridine rings is 1. The van der Waals surface area contributed by atoms with Gasteiger partial charge in [0.25, 0.3) is 11.8 Å². The van der Waals surface area contributed by atoms with Crippen LogP contribution in [0.2, 0.25) is 0 Å². The number of aromatic nitrogens is 3. The molecule has 2 aromatic carbocycles. The molecule has 8 heteroatoms. The van der Waals surface area contributed by atoms with Crippen LogP contribution < -0.4 is 10.6 Å². The maximum atomic E-state index is 13.4. The zero-order chi connectivity index (χ0) is 24.5. The van der Waals surface area contributed by atoms with Gasteiger partial charge in [-0.3, -0.25) is 9.59 Å². The first-order valence-electron chi connectivity index (χ1n) is 11.8. The molecule has 2 N–H and O–H groups in total. The summed E-state index contributed by atoms with van der Waals surface area (Å²) in [4.78, 5) is 30.5. The van der Waals surface area contributed by atoms with Crippen LogP contribution in [0.25, 0.3) is 22.3 Å². The molecule has 2 amide bonds. The highest BCUT2D eigenvalue weighted by Crippen LogP contribution is 2.26. The van der Waals surface area contributed by atoms with Crippen molar-refractivity contribution in [1.82, 2.24) is 20.1 Å². The van der Waals surface area contributed by atoms with Gasteiger partial charge in [0.05, 0.1) is 29.1 Å². The number of anilines is 1. The minimum Gasteiger partial charge on any atom is -0.467 e. The first-order chi connectivity index (χ1) is 17.6. The molecule has 36 heavy (non-hydrogen) atoms. The van der Waals surface area contributed by atoms with E-state index in [4.69, 9.17) is 9.40 Å². The number of carbonyl (C=O) groups is 2. The van der Waals surface area contributed by atoms with E-state index < -0.39 is 0 Å². The smallest absolute Gasteiger partial charge is 0.256 e. The molecule has 3 aromatic heterocycles. The summed E-state index contributed by atoms with van der Waals surface area (Å²) in [6.07, 6.45) is 5.33. The molecule has 0 spiro atoms. The zero-order valence-electron chi connectivity index (χ0n) is 19.3. The maximum absolute atomic E-state index is 13.4. The van der Waals surface area contributed by atoms with Crippen molar-refractivity contribution < 1.29 is 14.0 Å². The molecule has 0 atom stereocenters. The molecule has 0 saturated heterocycles. The van der Waals surface area contributed by atoms with Crippen molar-refractivity contribution in [1.29, 1.82) is 0 Å². The normalized spacial score (nSPS) is 13.0. The third kappa shape index (κ3) is 4.48. The molecule has 8 nitrogen and oxygen atoms in total. The van der Waals surface area contributed by atoms with Gasteiger partial charge in [-0.1, -0.05) is 30.3 Å². The number of hydrogen-bond donors (Lipinski definition) is 2. The summed E-state index contributed by atoms with van der Waals surface area (Å²) in [5.41, 5.74) is 3.77. The summed E-state index contributed by atoms with van der Waals surface area (Å²) in [7, 11) is 0. The predicted octanol–water partition coefficient (Wildman–Crippen LogP) is 4.88. The molecule has 3 heterocycles. The van der Waals surface area contributed by atoms with Crippen molar-refractivity contribution in [3.05, 3.63) is 102 Å². The summed E-state index contributed by atoms with van der Waals surface area (Å²) in [5.74, 6) is 0.360. The lowest BCUT2D eigenvalue weighted by Crippen LogP contribution is -2.25. The van der Waals surface area contributed by atoms with E-state index in [0.717, 1.165) is 24.2 Å². The van der Waals surface area contributed by atoms with E-state index in [2.05, 4.69) is 15.7 Å². The van der Waals surface area contributed by atoms with E-state index in [-0.39, 0.29) is 11.8 Å². The number of amides is 2. The zero-order valence-corrected chi connectivity index (χ0v) is 19.3. The maximum Gasteiger partial charge on any atom is 0.256 e. The van der Waals surface area contributed by atoms with Crippen LogP contribution in [0, 0.1) is 0 Å². The molecular formula is C28H23N5O3. The molecule has 1 saturated carbocycles. The highest BCUT2D eigenvalue weighted by molar-refractivity contribution is 6.12. The van der Waals surface area contributed by atoms with Crippen LogP contribution in [0.1, 0.15) is 39.3 Å². The van der Waals surface area contributed by atoms with Gasteiger partial charge >= 0.3 is 0 Å². The van der Waals surface area contributed by atoms with Gasteiger partial charge in [-0.2, -0.15) is 5.10 Å². The van der Waals surface area contributed by atoms with Crippen LogP contribution in [-0.2, 0) is 6.54 Å². The molecular weight excluding hydrogens is 454 g/mol. The molecule has 1 fully saturated rings. The number of furan rings is 1. The fourth-order valence-corrected chi connectivity index (χ4v) is 4.06. The Kier molecular flexibility index (Phi) is 5.53. The van der Waals surface area contributed by atoms with Gasteiger partial charge < -0.3 is 15.1 Å². The second-order valence-corrected chi connectivity index (χ2v) is 8.82. The fraction of sp³-hybridized carbons (Fsp3) is 0.143. The number of fused-ring (bicyclic) bond motifs is 1. The molecule has 1 aliphatic rings. The summed E-state index contributed by atoms with van der Waals surface area (Å²) in [5, 5.41) is 11.0. The second kappa shape index (κ2) is 9.14. The van der Waals surface area contributed by atoms with Gasteiger partial charge in [0.2, 0.25) is 0 Å². The van der Waals surface area contributed by atoms with E-state index in [0.29, 0.717) is 46.1 Å². The summed E-state index contributed by atoms with van der Waals surface area (Å²) in [6, 6.07) is 22.4. The van der Waals surface area contributed by atoms with E-state index >= 15 is 0 Å². The van der Waals surface area contributed by atoms with Crippen LogP contribution in [-0.4, -0.2) is 32.6 Å². The van der Waals surface area contributed by atoms with Crippen molar-refractivity contribution in [2.45, 2.75) is 25.4 Å². The van der Waals surface area contributed by atoms with Crippen molar-refractivity contribution in [3.8, 4) is 11.3 Å². The molecule has 0 radical (unpaired) electrons. The number of carbonyl (C=O) groups excluding carboxylic acids is 2. The Hall–Kier alpha value is -4.72. The Morgan fingerprint density at radius 3 is 2.50 bits per heavy atom. The van der Waals surface area contributed by atoms with E-state index in [1.807, 2.05) is 42.5 Å². The molecule has 5 aromatic rings. The van der Waals surface area contributed by atoms with E-state index in [9.17, 15) is 9.59 Å². The Bertz CT molecular complexity index is 1540. The third-order valence-electron chi connectivity index (χ3n) is 6.13. The van der Waals surface area contributed by atoms with Crippen LogP contribution in [0.3, 0.4) is 0 Å². The SMILES string of the molecule is O=C(NC1CC1)c1ccc(NC(=O)c2cc(-c3ccccc3)nc3c2cnn3Cc2ccco2)cc1. The van der Waals surface area contributed by atoms with Crippen molar-refractivity contribution in [2.75, 3.05) is 5.32 Å². The highest BCUT2D eigenvalue weighted by Gasteiger charge is 2.24. The van der Waals surface area contributed by atoms with Crippen molar-refractivity contribution in [2.24, 2.45) is 0 Å². The summed E-state index contributed by atoms with van der Waals surface area (Å²) < 4.78 is 7.21. The van der Waals surface area contributed by atoms with Crippen LogP contribution in [0.5, 0.6) is 0 Å². The van der Waals surface area contributed by atoms with Gasteiger partial charge in [0.1, 0.15) is 12.3 Å². The van der Waals surface area contributed by atoms with Gasteiger partial charge in [-0.05, 0) is 55.3 Å². The molecule has 6 rings (SSSR count). The number of benzene rings is 2. The Morgan fingerprint density at radius 2 is 1.78 bits per heavy atom. The van der Waals surface area contributed by atoms with Crippen LogP contribution in [0.4, 0.5) is 5.69 Å². The average molecular weight is 478 g/mol. The molecule has 0 unspecified atom stereocenters. The first kappa shape index (κ1) is 21.8. The quantitative estimate of drug-likeness (QED) is 0.348. The van der Waals surface area contributed by atoms with Crippen molar-refractivity contribution in [3.63, 3.8) is 0 Å². The van der Waals surface area contributed by atoms with Crippen molar-refractivity contribution >= 4 is 28.5 Å². The lowest BCUT2D eigenvalue weighted by molar-refractivity contribution is 0.0950. The van der Waals surface area contributed by atoms with Gasteiger partial charge in [-0.15, -0.1) is 0 Å². The molecule has 178 valence electrons. The van der Waals surface area contributed by atoms with Crippen LogP contribution in [0.15, 0.2) is 89.7 Å². The highest BCUT2D eigenvalue weighted by atomic mass is 16.3. The third-order valence-corrected chi connectivity index (χ3v) is 6.13. The topological polar surface area (TPSA) is 102 Å². The van der Waals surface area contributed by atoms with E-state index in [1.165, 1.54) is 0 Å². The van der Waals surface area contributed by atoms with Gasteiger partial charge in [0, 0.05) is 22.9 Å². The lowest BCUT2D eigenvalue weighted by Gasteiger charge is -2.10. The average Bonchev–Trinajstić information content (AvgIpc) is 3.40. The lowest BCUT2D eigenvalue weighted by atomic mass is 10.1. The van der Waals surface area contributed by atoms with E-state index in [1.54, 1.807) is 47.5 Å². The second-order valence-electron chi connectivity index (χ2n) is 8.82. The predicted molar refractivity (Wildman–Crippen MR) is 136 cm³/mol. The molecule has 0 aliphatic heterocycles. The van der Waals surface area contributed by atoms with Crippen LogP contribution >= 0.6 is 0 Å². The van der Waals surface area contributed by atoms with Gasteiger partial charge in [-0.25, -0.2) is 9.67 Å². The number of nitrogens with one attached hydrogen (secondary N) is 2. The number of rotatable bonds is 7. The Labute approximate surface area is 207 Å². The monoisotopic (exact) mass is 477 g/mol. The largest absolute Gasteiger partial charge is 0.467 e. The fourth-order valence-electron chi connectivity index (χ4n) is 4.06. The minimum absolute atomic E-state index is 0.0947. The number of hydrogen-bond acceptors (Lipinski definition) is 5. The standard InChI is InChI=1S/C28H23N5O3/c34-27(30-21-12-13-21)19-8-10-20(11-9-19)31-28(35)23-15-25(18-5-2-1-3-6-18)32-26-24(23)16-29-33(26)17-22-7-4-14-36-22/h1-11,14-16,21H,12-13,17H2,(H,30,34)(H,31,35). The summed E-state index contributed by atoms with van der Waals surface area (Å²) >= 11 is 0. The number of nitrogens with zero attached hydrogens (tertiary/aromatic N) is 3. The minimum atomic E-state index is -0.285. The summed E-state index contributed by atoms with van der Waals surface area (Å²) in [6.45, 7) is 0.396. The Balaban J connectivity index is 1.32. The Morgan fingerprint density at radius 1 is 0.972 bits per heavy atom. The molecule has 1 aliphatic carbocycles. The van der Waals surface area contributed by atoms with Gasteiger partial charge in [0.15, 0.2) is 5.65 Å².